The van der Waals surface area contributed by atoms with Gasteiger partial charge < -0.3 is 20.2 Å². The van der Waals surface area contributed by atoms with Crippen molar-refractivity contribution in [3.63, 3.8) is 0 Å². The largest absolute Gasteiger partial charge is 0.395 e. The molecule has 1 amide bonds. The second-order valence-electron chi connectivity index (χ2n) is 5.10. The predicted molar refractivity (Wildman–Crippen MR) is 84.0 cm³/mol. The summed E-state index contributed by atoms with van der Waals surface area (Å²) in [6.45, 7) is 2.46. The molecular formula is C16H19FN4O2. The van der Waals surface area contributed by atoms with Crippen molar-refractivity contribution in [3.8, 4) is 6.07 Å². The number of anilines is 1. The number of rotatable bonds is 5. The minimum absolute atomic E-state index is 0.0219. The topological polar surface area (TPSA) is 79.6 Å². The Bertz CT molecular complexity index is 602. The highest BCUT2D eigenvalue weighted by molar-refractivity contribution is 5.97. The van der Waals surface area contributed by atoms with E-state index in [0.717, 1.165) is 5.69 Å². The zero-order valence-corrected chi connectivity index (χ0v) is 12.7. The van der Waals surface area contributed by atoms with E-state index in [2.05, 4.69) is 10.2 Å². The Balaban J connectivity index is 1.92. The van der Waals surface area contributed by atoms with Gasteiger partial charge in [-0.3, -0.25) is 4.79 Å². The first-order valence-corrected chi connectivity index (χ1v) is 7.40. The molecule has 0 aromatic heterocycles. The molecule has 1 fully saturated rings. The number of piperazine rings is 1. The minimum Gasteiger partial charge on any atom is -0.395 e. The molecule has 0 unspecified atom stereocenters. The van der Waals surface area contributed by atoms with E-state index in [1.807, 2.05) is 6.07 Å². The number of hydrogen-bond donors (Lipinski definition) is 2. The summed E-state index contributed by atoms with van der Waals surface area (Å²) in [5.41, 5.74) is 0.938. The summed E-state index contributed by atoms with van der Waals surface area (Å²) in [6.07, 6.45) is 1.34. The van der Waals surface area contributed by atoms with Crippen LogP contribution in [-0.2, 0) is 4.79 Å². The van der Waals surface area contributed by atoms with E-state index in [0.29, 0.717) is 26.2 Å². The summed E-state index contributed by atoms with van der Waals surface area (Å²) in [5, 5.41) is 20.5. The molecule has 23 heavy (non-hydrogen) atoms. The van der Waals surface area contributed by atoms with Crippen molar-refractivity contribution in [3.05, 3.63) is 41.9 Å². The molecule has 1 aliphatic rings. The fraction of sp³-hybridized carbons (Fsp3) is 0.375. The normalized spacial score (nSPS) is 15.3. The van der Waals surface area contributed by atoms with Gasteiger partial charge in [-0.15, -0.1) is 0 Å². The molecule has 0 aliphatic carbocycles. The quantitative estimate of drug-likeness (QED) is 0.468. The Morgan fingerprint density at radius 2 is 1.96 bits per heavy atom. The first-order chi connectivity index (χ1) is 11.2. The smallest absolute Gasteiger partial charge is 0.266 e. The molecule has 2 rings (SSSR count). The minimum atomic E-state index is -0.323. The fourth-order valence-corrected chi connectivity index (χ4v) is 2.37. The van der Waals surface area contributed by atoms with Gasteiger partial charge in [0.25, 0.3) is 5.91 Å². The molecule has 0 atom stereocenters. The lowest BCUT2D eigenvalue weighted by Gasteiger charge is -2.36. The average Bonchev–Trinajstić information content (AvgIpc) is 2.59. The zero-order valence-electron chi connectivity index (χ0n) is 12.7. The van der Waals surface area contributed by atoms with Crippen molar-refractivity contribution in [1.82, 2.24) is 10.2 Å². The Labute approximate surface area is 134 Å². The standard InChI is InChI=1S/C16H19FN4O2/c17-14-1-3-15(4-2-14)20-6-8-21(9-7-20)16(23)13(11-18)12-19-5-10-22/h1-4,12,19,22H,5-10H2/b13-12-. The number of carbonyl (C=O) groups is 1. The molecule has 6 nitrogen and oxygen atoms in total. The highest BCUT2D eigenvalue weighted by Gasteiger charge is 2.23. The molecule has 0 radical (unpaired) electrons. The maximum absolute atomic E-state index is 12.9. The van der Waals surface area contributed by atoms with Crippen LogP contribution in [0.15, 0.2) is 36.0 Å². The zero-order chi connectivity index (χ0) is 16.7. The molecular weight excluding hydrogens is 299 g/mol. The van der Waals surface area contributed by atoms with Crippen LogP contribution in [0.2, 0.25) is 0 Å². The molecule has 0 spiro atoms. The van der Waals surface area contributed by atoms with E-state index in [1.54, 1.807) is 17.0 Å². The van der Waals surface area contributed by atoms with Gasteiger partial charge >= 0.3 is 0 Å². The lowest BCUT2D eigenvalue weighted by Crippen LogP contribution is -2.49. The summed E-state index contributed by atoms with van der Waals surface area (Å²) >= 11 is 0. The number of nitrogens with one attached hydrogen (secondary N) is 1. The summed E-state index contributed by atoms with van der Waals surface area (Å²) < 4.78 is 12.9. The van der Waals surface area contributed by atoms with Crippen molar-refractivity contribution in [2.45, 2.75) is 0 Å². The maximum atomic E-state index is 12.9. The van der Waals surface area contributed by atoms with Gasteiger partial charge in [-0.25, -0.2) is 4.39 Å². The first kappa shape index (κ1) is 16.8. The second kappa shape index (κ2) is 8.15. The van der Waals surface area contributed by atoms with Crippen LogP contribution in [0, 0.1) is 17.1 Å². The van der Waals surface area contributed by atoms with E-state index in [1.165, 1.54) is 18.3 Å². The highest BCUT2D eigenvalue weighted by Crippen LogP contribution is 2.17. The van der Waals surface area contributed by atoms with Crippen molar-refractivity contribution in [1.29, 1.82) is 5.26 Å². The van der Waals surface area contributed by atoms with Gasteiger partial charge in [0.15, 0.2) is 0 Å². The maximum Gasteiger partial charge on any atom is 0.266 e. The lowest BCUT2D eigenvalue weighted by molar-refractivity contribution is -0.127. The summed E-state index contributed by atoms with van der Waals surface area (Å²) in [5.74, 6) is -0.599. The molecule has 1 heterocycles. The van der Waals surface area contributed by atoms with Gasteiger partial charge in [-0.05, 0) is 24.3 Å². The van der Waals surface area contributed by atoms with Gasteiger partial charge in [-0.1, -0.05) is 0 Å². The van der Waals surface area contributed by atoms with Crippen LogP contribution in [0.4, 0.5) is 10.1 Å². The molecule has 7 heteroatoms. The Kier molecular flexibility index (Phi) is 5.94. The number of nitriles is 1. The second-order valence-corrected chi connectivity index (χ2v) is 5.10. The van der Waals surface area contributed by atoms with Crippen LogP contribution in [0.3, 0.4) is 0 Å². The summed E-state index contributed by atoms with van der Waals surface area (Å²) in [6, 6.07) is 8.13. The lowest BCUT2D eigenvalue weighted by atomic mass is 10.2. The number of amides is 1. The van der Waals surface area contributed by atoms with Crippen LogP contribution >= 0.6 is 0 Å². The van der Waals surface area contributed by atoms with E-state index in [9.17, 15) is 9.18 Å². The van der Waals surface area contributed by atoms with Gasteiger partial charge in [-0.2, -0.15) is 5.26 Å². The van der Waals surface area contributed by atoms with Crippen LogP contribution in [-0.4, -0.2) is 55.2 Å². The van der Waals surface area contributed by atoms with Crippen molar-refractivity contribution in [2.24, 2.45) is 0 Å². The molecule has 0 bridgehead atoms. The molecule has 1 aromatic rings. The predicted octanol–water partition coefficient (Wildman–Crippen LogP) is 0.464. The van der Waals surface area contributed by atoms with E-state index < -0.39 is 0 Å². The average molecular weight is 318 g/mol. The number of benzene rings is 1. The van der Waals surface area contributed by atoms with Crippen LogP contribution in [0.1, 0.15) is 0 Å². The molecule has 2 N–H and O–H groups in total. The number of carbonyl (C=O) groups excluding carboxylic acids is 1. The monoisotopic (exact) mass is 318 g/mol. The van der Waals surface area contributed by atoms with Gasteiger partial charge in [0.1, 0.15) is 17.5 Å². The SMILES string of the molecule is N#C/C(=C/NCCO)C(=O)N1CCN(c2ccc(F)cc2)CC1. The summed E-state index contributed by atoms with van der Waals surface area (Å²) in [4.78, 5) is 16.0. The Morgan fingerprint density at radius 1 is 1.30 bits per heavy atom. The molecule has 1 aromatic carbocycles. The number of halogens is 1. The third-order valence-corrected chi connectivity index (χ3v) is 3.61. The van der Waals surface area contributed by atoms with E-state index in [4.69, 9.17) is 10.4 Å². The third kappa shape index (κ3) is 4.44. The Hall–Kier alpha value is -2.59. The van der Waals surface area contributed by atoms with Crippen molar-refractivity contribution >= 4 is 11.6 Å². The molecule has 0 saturated carbocycles. The van der Waals surface area contributed by atoms with Crippen molar-refractivity contribution in [2.75, 3.05) is 44.2 Å². The molecule has 1 aliphatic heterocycles. The fourth-order valence-electron chi connectivity index (χ4n) is 2.37. The first-order valence-electron chi connectivity index (χ1n) is 7.40. The number of aliphatic hydroxyl groups is 1. The number of aliphatic hydroxyl groups excluding tert-OH is 1. The molecule has 1 saturated heterocycles. The van der Waals surface area contributed by atoms with Crippen LogP contribution in [0.5, 0.6) is 0 Å². The van der Waals surface area contributed by atoms with E-state index >= 15 is 0 Å². The van der Waals surface area contributed by atoms with Gasteiger partial charge in [0, 0.05) is 44.6 Å². The number of hydrogen-bond acceptors (Lipinski definition) is 5. The Morgan fingerprint density at radius 3 is 2.52 bits per heavy atom. The van der Waals surface area contributed by atoms with E-state index in [-0.39, 0.29) is 30.4 Å². The van der Waals surface area contributed by atoms with Gasteiger partial charge in [0.05, 0.1) is 6.61 Å². The van der Waals surface area contributed by atoms with Gasteiger partial charge in [0.2, 0.25) is 0 Å². The number of nitrogens with zero attached hydrogens (tertiary/aromatic N) is 3. The molecule has 122 valence electrons. The summed E-state index contributed by atoms with van der Waals surface area (Å²) in [7, 11) is 0. The van der Waals surface area contributed by atoms with Crippen LogP contribution < -0.4 is 10.2 Å². The third-order valence-electron chi connectivity index (χ3n) is 3.61. The van der Waals surface area contributed by atoms with Crippen LogP contribution in [0.25, 0.3) is 0 Å². The van der Waals surface area contributed by atoms with Crippen molar-refractivity contribution < 1.29 is 14.3 Å². The highest BCUT2D eigenvalue weighted by atomic mass is 19.1.